The van der Waals surface area contributed by atoms with Gasteiger partial charge in [0.25, 0.3) is 10.0 Å². The summed E-state index contributed by atoms with van der Waals surface area (Å²) in [6, 6.07) is 9.95. The lowest BCUT2D eigenvalue weighted by Crippen LogP contribution is -2.19. The summed E-state index contributed by atoms with van der Waals surface area (Å²) in [5, 5.41) is 0.309. The Kier molecular flexibility index (Phi) is 5.48. The summed E-state index contributed by atoms with van der Waals surface area (Å²) in [5.41, 5.74) is 1.33. The zero-order valence-corrected chi connectivity index (χ0v) is 16.2. The Morgan fingerprint density at radius 2 is 1.65 bits per heavy atom. The van der Waals surface area contributed by atoms with Crippen molar-refractivity contribution in [2.75, 3.05) is 36.9 Å². The Balaban J connectivity index is 1.98. The molecule has 0 unspecified atom stereocenters. The first kappa shape index (κ1) is 18.7. The van der Waals surface area contributed by atoms with Gasteiger partial charge in [0, 0.05) is 23.8 Å². The van der Waals surface area contributed by atoms with Crippen molar-refractivity contribution >= 4 is 33.0 Å². The number of nitrogens with one attached hydrogen (secondary N) is 1. The molecule has 0 atom stereocenters. The van der Waals surface area contributed by atoms with E-state index < -0.39 is 10.0 Å². The van der Waals surface area contributed by atoms with Crippen molar-refractivity contribution in [2.24, 2.45) is 0 Å². The molecule has 0 amide bonds. The SMILES string of the molecule is COc1ccc(N2CCCC2)cc1NS(=O)(=O)c1cc(Cl)ccc1OC. The number of benzene rings is 2. The van der Waals surface area contributed by atoms with Crippen LogP contribution in [0.1, 0.15) is 12.8 Å². The van der Waals surface area contributed by atoms with Gasteiger partial charge in [-0.1, -0.05) is 11.6 Å². The molecule has 3 rings (SSSR count). The highest BCUT2D eigenvalue weighted by Gasteiger charge is 2.23. The Morgan fingerprint density at radius 1 is 1.00 bits per heavy atom. The Morgan fingerprint density at radius 3 is 2.31 bits per heavy atom. The summed E-state index contributed by atoms with van der Waals surface area (Å²) in [6.07, 6.45) is 2.26. The lowest BCUT2D eigenvalue weighted by atomic mass is 10.2. The molecule has 6 nitrogen and oxygen atoms in total. The first-order valence-electron chi connectivity index (χ1n) is 8.24. The summed E-state index contributed by atoms with van der Waals surface area (Å²) in [6.45, 7) is 1.92. The third kappa shape index (κ3) is 3.83. The monoisotopic (exact) mass is 396 g/mol. The van der Waals surface area contributed by atoms with E-state index in [2.05, 4.69) is 9.62 Å². The van der Waals surface area contributed by atoms with Crippen LogP contribution in [-0.2, 0) is 10.0 Å². The molecule has 1 saturated heterocycles. The number of rotatable bonds is 6. The van der Waals surface area contributed by atoms with Gasteiger partial charge in [-0.25, -0.2) is 8.42 Å². The lowest BCUT2D eigenvalue weighted by Gasteiger charge is -2.20. The maximum Gasteiger partial charge on any atom is 0.265 e. The van der Waals surface area contributed by atoms with Crippen molar-refractivity contribution < 1.29 is 17.9 Å². The molecule has 0 spiro atoms. The standard InChI is InChI=1S/C18H21ClN2O4S/c1-24-16-8-6-14(21-9-3-4-10-21)12-15(16)20-26(22,23)18-11-13(19)5-7-17(18)25-2/h5-8,11-12,20H,3-4,9-10H2,1-2H3. The van der Waals surface area contributed by atoms with Gasteiger partial charge in [0.05, 0.1) is 19.9 Å². The molecule has 2 aromatic carbocycles. The second kappa shape index (κ2) is 7.63. The Labute approximate surface area is 158 Å². The maximum absolute atomic E-state index is 12.9. The third-order valence-corrected chi connectivity index (χ3v) is 5.94. The highest BCUT2D eigenvalue weighted by molar-refractivity contribution is 7.92. The third-order valence-electron chi connectivity index (χ3n) is 4.31. The van der Waals surface area contributed by atoms with Gasteiger partial charge in [-0.2, -0.15) is 0 Å². The fourth-order valence-electron chi connectivity index (χ4n) is 3.01. The van der Waals surface area contributed by atoms with E-state index in [9.17, 15) is 8.42 Å². The van der Waals surface area contributed by atoms with E-state index in [4.69, 9.17) is 21.1 Å². The van der Waals surface area contributed by atoms with Crippen molar-refractivity contribution in [2.45, 2.75) is 17.7 Å². The van der Waals surface area contributed by atoms with Crippen LogP contribution in [0, 0.1) is 0 Å². The van der Waals surface area contributed by atoms with Gasteiger partial charge in [0.15, 0.2) is 0 Å². The minimum atomic E-state index is -3.91. The molecular formula is C18H21ClN2O4S. The van der Waals surface area contributed by atoms with E-state index in [0.29, 0.717) is 16.5 Å². The van der Waals surface area contributed by atoms with Crippen LogP contribution in [-0.4, -0.2) is 35.7 Å². The van der Waals surface area contributed by atoms with E-state index in [-0.39, 0.29) is 10.6 Å². The first-order chi connectivity index (χ1) is 12.4. The summed E-state index contributed by atoms with van der Waals surface area (Å²) >= 11 is 5.97. The molecule has 1 fully saturated rings. The van der Waals surface area contributed by atoms with Crippen LogP contribution < -0.4 is 19.1 Å². The van der Waals surface area contributed by atoms with Crippen LogP contribution >= 0.6 is 11.6 Å². The van der Waals surface area contributed by atoms with E-state index in [1.165, 1.54) is 26.4 Å². The van der Waals surface area contributed by atoms with E-state index >= 15 is 0 Å². The fourth-order valence-corrected chi connectivity index (χ4v) is 4.50. The topological polar surface area (TPSA) is 67.9 Å². The molecular weight excluding hydrogens is 376 g/mol. The van der Waals surface area contributed by atoms with Crippen molar-refractivity contribution in [3.63, 3.8) is 0 Å². The van der Waals surface area contributed by atoms with Gasteiger partial charge in [-0.3, -0.25) is 4.72 Å². The van der Waals surface area contributed by atoms with Gasteiger partial charge in [0.2, 0.25) is 0 Å². The van der Waals surface area contributed by atoms with Gasteiger partial charge >= 0.3 is 0 Å². The van der Waals surface area contributed by atoms with Crippen LogP contribution in [0.2, 0.25) is 5.02 Å². The molecule has 1 aliphatic heterocycles. The minimum absolute atomic E-state index is 0.0267. The van der Waals surface area contributed by atoms with Crippen molar-refractivity contribution in [3.8, 4) is 11.5 Å². The van der Waals surface area contributed by atoms with Gasteiger partial charge in [-0.15, -0.1) is 0 Å². The second-order valence-electron chi connectivity index (χ2n) is 5.98. The molecule has 0 radical (unpaired) electrons. The summed E-state index contributed by atoms with van der Waals surface area (Å²) < 4.78 is 38.9. The molecule has 1 N–H and O–H groups in total. The summed E-state index contributed by atoms with van der Waals surface area (Å²) in [5.74, 6) is 0.661. The molecule has 1 aliphatic rings. The lowest BCUT2D eigenvalue weighted by molar-refractivity contribution is 0.403. The molecule has 140 valence electrons. The molecule has 0 aromatic heterocycles. The second-order valence-corrected chi connectivity index (χ2v) is 8.07. The average Bonchev–Trinajstić information content (AvgIpc) is 3.16. The number of nitrogens with zero attached hydrogens (tertiary/aromatic N) is 1. The number of hydrogen-bond acceptors (Lipinski definition) is 5. The molecule has 26 heavy (non-hydrogen) atoms. The van der Waals surface area contributed by atoms with E-state index in [0.717, 1.165) is 31.6 Å². The Bertz CT molecular complexity index is 896. The van der Waals surface area contributed by atoms with Crippen LogP contribution in [0.25, 0.3) is 0 Å². The zero-order valence-electron chi connectivity index (χ0n) is 14.7. The first-order valence-corrected chi connectivity index (χ1v) is 10.1. The van der Waals surface area contributed by atoms with Crippen molar-refractivity contribution in [3.05, 3.63) is 41.4 Å². The van der Waals surface area contributed by atoms with E-state index in [1.54, 1.807) is 18.2 Å². The molecule has 2 aromatic rings. The smallest absolute Gasteiger partial charge is 0.265 e. The average molecular weight is 397 g/mol. The van der Waals surface area contributed by atoms with Crippen LogP contribution in [0.5, 0.6) is 11.5 Å². The largest absolute Gasteiger partial charge is 0.495 e. The number of hydrogen-bond donors (Lipinski definition) is 1. The predicted octanol–water partition coefficient (Wildman–Crippen LogP) is 3.76. The van der Waals surface area contributed by atoms with Crippen LogP contribution in [0.4, 0.5) is 11.4 Å². The normalized spacial score (nSPS) is 14.3. The highest BCUT2D eigenvalue weighted by atomic mass is 35.5. The van der Waals surface area contributed by atoms with Crippen molar-refractivity contribution in [1.82, 2.24) is 0 Å². The minimum Gasteiger partial charge on any atom is -0.495 e. The molecule has 0 bridgehead atoms. The number of sulfonamides is 1. The predicted molar refractivity (Wildman–Crippen MR) is 103 cm³/mol. The Hall–Kier alpha value is -2.12. The maximum atomic E-state index is 12.9. The summed E-state index contributed by atoms with van der Waals surface area (Å²) in [4.78, 5) is 2.19. The summed E-state index contributed by atoms with van der Waals surface area (Å²) in [7, 11) is -0.993. The fraction of sp³-hybridized carbons (Fsp3) is 0.333. The van der Waals surface area contributed by atoms with Crippen molar-refractivity contribution in [1.29, 1.82) is 0 Å². The number of ether oxygens (including phenoxy) is 2. The van der Waals surface area contributed by atoms with Gasteiger partial charge < -0.3 is 14.4 Å². The van der Waals surface area contributed by atoms with Crippen LogP contribution in [0.3, 0.4) is 0 Å². The van der Waals surface area contributed by atoms with Gasteiger partial charge in [-0.05, 0) is 49.2 Å². The highest BCUT2D eigenvalue weighted by Crippen LogP contribution is 2.34. The van der Waals surface area contributed by atoms with E-state index in [1.807, 2.05) is 6.07 Å². The van der Waals surface area contributed by atoms with Gasteiger partial charge in [0.1, 0.15) is 16.4 Å². The molecule has 0 aliphatic carbocycles. The number of halogens is 1. The molecule has 0 saturated carbocycles. The quantitative estimate of drug-likeness (QED) is 0.805. The molecule has 8 heteroatoms. The number of methoxy groups -OCH3 is 2. The zero-order chi connectivity index (χ0) is 18.7. The molecule has 1 heterocycles. The van der Waals surface area contributed by atoms with Crippen LogP contribution in [0.15, 0.2) is 41.3 Å². The number of anilines is 2.